The molecule has 98 valence electrons. The fourth-order valence-corrected chi connectivity index (χ4v) is 1.88. The van der Waals surface area contributed by atoms with Crippen LogP contribution in [-0.2, 0) is 9.53 Å². The van der Waals surface area contributed by atoms with Gasteiger partial charge in [0.2, 0.25) is 0 Å². The van der Waals surface area contributed by atoms with E-state index < -0.39 is 12.1 Å². The minimum atomic E-state index is -0.803. The van der Waals surface area contributed by atoms with Crippen LogP contribution in [0.15, 0.2) is 23.4 Å². The van der Waals surface area contributed by atoms with E-state index >= 15 is 0 Å². The summed E-state index contributed by atoms with van der Waals surface area (Å²) in [4.78, 5) is 29.0. The van der Waals surface area contributed by atoms with Crippen molar-refractivity contribution in [3.05, 3.63) is 23.9 Å². The van der Waals surface area contributed by atoms with Gasteiger partial charge in [0.05, 0.1) is 5.56 Å². The Bertz CT molecular complexity index is 449. The standard InChI is InChI=1S/C12H16N2O3S/c1-8(11(15)14(2)3)17-12(16)9-6-5-7-13-10(9)18-4/h5-8H,1-4H3. The molecule has 0 radical (unpaired) electrons. The van der Waals surface area contributed by atoms with Crippen molar-refractivity contribution in [3.63, 3.8) is 0 Å². The summed E-state index contributed by atoms with van der Waals surface area (Å²) in [5, 5.41) is 0.590. The van der Waals surface area contributed by atoms with Crippen LogP contribution < -0.4 is 0 Å². The van der Waals surface area contributed by atoms with Gasteiger partial charge in [-0.1, -0.05) is 0 Å². The monoisotopic (exact) mass is 268 g/mol. The fourth-order valence-electron chi connectivity index (χ4n) is 1.35. The average Bonchev–Trinajstić information content (AvgIpc) is 2.37. The zero-order chi connectivity index (χ0) is 13.7. The Balaban J connectivity index is 2.80. The predicted octanol–water partition coefficient (Wildman–Crippen LogP) is 1.44. The van der Waals surface area contributed by atoms with Crippen molar-refractivity contribution < 1.29 is 14.3 Å². The lowest BCUT2D eigenvalue weighted by Gasteiger charge is -2.17. The maximum absolute atomic E-state index is 11.9. The van der Waals surface area contributed by atoms with Crippen molar-refractivity contribution in [2.45, 2.75) is 18.1 Å². The number of amides is 1. The minimum absolute atomic E-state index is 0.252. The molecule has 0 saturated carbocycles. The van der Waals surface area contributed by atoms with Gasteiger partial charge in [0.25, 0.3) is 5.91 Å². The van der Waals surface area contributed by atoms with Crippen LogP contribution in [0.4, 0.5) is 0 Å². The normalized spacial score (nSPS) is 11.8. The third kappa shape index (κ3) is 3.46. The number of ether oxygens (including phenoxy) is 1. The van der Waals surface area contributed by atoms with Gasteiger partial charge in [0.15, 0.2) is 6.10 Å². The number of rotatable bonds is 4. The summed E-state index contributed by atoms with van der Waals surface area (Å²) in [6.07, 6.45) is 2.63. The molecule has 0 aliphatic carbocycles. The molecule has 0 fully saturated rings. The highest BCUT2D eigenvalue weighted by Crippen LogP contribution is 2.18. The Hall–Kier alpha value is -1.56. The quantitative estimate of drug-likeness (QED) is 0.611. The summed E-state index contributed by atoms with van der Waals surface area (Å²) in [6, 6.07) is 3.29. The third-order valence-corrected chi connectivity index (χ3v) is 2.97. The highest BCUT2D eigenvalue weighted by molar-refractivity contribution is 7.98. The summed E-state index contributed by atoms with van der Waals surface area (Å²) < 4.78 is 5.12. The molecule has 1 amide bonds. The molecule has 18 heavy (non-hydrogen) atoms. The minimum Gasteiger partial charge on any atom is -0.449 e. The summed E-state index contributed by atoms with van der Waals surface area (Å²) in [7, 11) is 3.23. The topological polar surface area (TPSA) is 59.5 Å². The molecule has 0 aromatic carbocycles. The van der Waals surface area contributed by atoms with E-state index in [1.807, 2.05) is 6.26 Å². The lowest BCUT2D eigenvalue weighted by molar-refractivity contribution is -0.137. The zero-order valence-electron chi connectivity index (χ0n) is 10.8. The first-order valence-corrected chi connectivity index (χ1v) is 6.61. The molecule has 1 aromatic heterocycles. The summed E-state index contributed by atoms with van der Waals surface area (Å²) in [5.41, 5.74) is 0.378. The average molecular weight is 268 g/mol. The molecular weight excluding hydrogens is 252 g/mol. The van der Waals surface area contributed by atoms with E-state index in [1.165, 1.54) is 16.7 Å². The second kappa shape index (κ2) is 6.39. The van der Waals surface area contributed by atoms with E-state index in [-0.39, 0.29) is 5.91 Å². The molecule has 0 N–H and O–H groups in total. The number of carbonyl (C=O) groups is 2. The molecule has 1 rings (SSSR count). The Labute approximate surface area is 111 Å². The van der Waals surface area contributed by atoms with Crippen molar-refractivity contribution in [1.29, 1.82) is 0 Å². The van der Waals surface area contributed by atoms with Gasteiger partial charge in [-0.25, -0.2) is 9.78 Å². The van der Waals surface area contributed by atoms with Crippen LogP contribution in [0.1, 0.15) is 17.3 Å². The molecule has 1 heterocycles. The fraction of sp³-hybridized carbons (Fsp3) is 0.417. The van der Waals surface area contributed by atoms with Crippen molar-refractivity contribution in [2.24, 2.45) is 0 Å². The summed E-state index contributed by atoms with van der Waals surface area (Å²) >= 11 is 1.36. The second-order valence-electron chi connectivity index (χ2n) is 3.84. The SMILES string of the molecule is CSc1ncccc1C(=O)OC(C)C(=O)N(C)C. The van der Waals surface area contributed by atoms with Gasteiger partial charge in [-0.05, 0) is 25.3 Å². The van der Waals surface area contributed by atoms with E-state index in [0.29, 0.717) is 10.6 Å². The lowest BCUT2D eigenvalue weighted by atomic mass is 10.3. The van der Waals surface area contributed by atoms with Gasteiger partial charge >= 0.3 is 5.97 Å². The Morgan fingerprint density at radius 3 is 2.67 bits per heavy atom. The molecule has 1 atom stereocenters. The van der Waals surface area contributed by atoms with E-state index in [2.05, 4.69) is 4.98 Å². The largest absolute Gasteiger partial charge is 0.449 e. The number of thioether (sulfide) groups is 1. The Morgan fingerprint density at radius 1 is 1.44 bits per heavy atom. The Kier molecular flexibility index (Phi) is 5.15. The molecule has 6 heteroatoms. The number of hydrogen-bond acceptors (Lipinski definition) is 5. The lowest BCUT2D eigenvalue weighted by Crippen LogP contribution is -2.35. The molecule has 0 aliphatic heterocycles. The van der Waals surface area contributed by atoms with Crippen LogP contribution in [0.5, 0.6) is 0 Å². The van der Waals surface area contributed by atoms with Crippen LogP contribution in [0.25, 0.3) is 0 Å². The molecule has 0 saturated heterocycles. The number of likely N-dealkylation sites (N-methyl/N-ethyl adjacent to an activating group) is 1. The molecule has 0 bridgehead atoms. The first kappa shape index (κ1) is 14.5. The second-order valence-corrected chi connectivity index (χ2v) is 4.64. The summed E-state index contributed by atoms with van der Waals surface area (Å²) in [6.45, 7) is 1.55. The number of carbonyl (C=O) groups excluding carboxylic acids is 2. The van der Waals surface area contributed by atoms with E-state index in [1.54, 1.807) is 39.3 Å². The van der Waals surface area contributed by atoms with Gasteiger partial charge in [-0.15, -0.1) is 11.8 Å². The molecule has 0 spiro atoms. The summed E-state index contributed by atoms with van der Waals surface area (Å²) in [5.74, 6) is -0.784. The first-order valence-electron chi connectivity index (χ1n) is 5.38. The highest BCUT2D eigenvalue weighted by atomic mass is 32.2. The van der Waals surface area contributed by atoms with Crippen molar-refractivity contribution in [2.75, 3.05) is 20.4 Å². The van der Waals surface area contributed by atoms with Crippen LogP contribution in [0.2, 0.25) is 0 Å². The first-order chi connectivity index (χ1) is 8.47. The van der Waals surface area contributed by atoms with E-state index in [4.69, 9.17) is 4.74 Å². The Morgan fingerprint density at radius 2 is 2.11 bits per heavy atom. The van der Waals surface area contributed by atoms with Crippen LogP contribution in [0, 0.1) is 0 Å². The number of pyridine rings is 1. The maximum Gasteiger partial charge on any atom is 0.341 e. The van der Waals surface area contributed by atoms with E-state index in [0.717, 1.165) is 0 Å². The van der Waals surface area contributed by atoms with Gasteiger partial charge in [0.1, 0.15) is 5.03 Å². The van der Waals surface area contributed by atoms with Gasteiger partial charge in [-0.3, -0.25) is 4.79 Å². The molecule has 1 aromatic rings. The number of esters is 1. The van der Waals surface area contributed by atoms with Crippen LogP contribution >= 0.6 is 11.8 Å². The highest BCUT2D eigenvalue weighted by Gasteiger charge is 2.22. The number of aromatic nitrogens is 1. The van der Waals surface area contributed by atoms with Crippen LogP contribution in [-0.4, -0.2) is 48.2 Å². The maximum atomic E-state index is 11.9. The van der Waals surface area contributed by atoms with Gasteiger partial charge < -0.3 is 9.64 Å². The third-order valence-electron chi connectivity index (χ3n) is 2.26. The van der Waals surface area contributed by atoms with Gasteiger partial charge in [-0.2, -0.15) is 0 Å². The molecule has 0 aliphatic rings. The molecule has 1 unspecified atom stereocenters. The molecule has 5 nitrogen and oxygen atoms in total. The smallest absolute Gasteiger partial charge is 0.341 e. The van der Waals surface area contributed by atoms with Crippen molar-refractivity contribution in [3.8, 4) is 0 Å². The van der Waals surface area contributed by atoms with Crippen LogP contribution in [0.3, 0.4) is 0 Å². The van der Waals surface area contributed by atoms with Gasteiger partial charge in [0, 0.05) is 20.3 Å². The van der Waals surface area contributed by atoms with E-state index in [9.17, 15) is 9.59 Å². The number of nitrogens with zero attached hydrogens (tertiary/aromatic N) is 2. The number of hydrogen-bond donors (Lipinski definition) is 0. The van der Waals surface area contributed by atoms with Crippen molar-refractivity contribution in [1.82, 2.24) is 9.88 Å². The molecular formula is C12H16N2O3S. The predicted molar refractivity (Wildman–Crippen MR) is 69.6 cm³/mol. The van der Waals surface area contributed by atoms with Crippen molar-refractivity contribution >= 4 is 23.6 Å². The zero-order valence-corrected chi connectivity index (χ0v) is 11.7.